The molecule has 0 fully saturated rings. The second kappa shape index (κ2) is 5.13. The molecule has 0 spiro atoms. The Bertz CT molecular complexity index is 219. The monoisotopic (exact) mass is 170 g/mol. The zero-order valence-electron chi connectivity index (χ0n) is 7.03. The molecule has 0 aliphatic rings. The van der Waals surface area contributed by atoms with E-state index in [-0.39, 0.29) is 13.0 Å². The first kappa shape index (κ1) is 10.4. The van der Waals surface area contributed by atoms with Gasteiger partial charge in [-0.3, -0.25) is 4.79 Å². The maximum atomic E-state index is 10.9. The molecule has 0 aliphatic heterocycles. The van der Waals surface area contributed by atoms with Crippen LogP contribution >= 0.6 is 0 Å². The van der Waals surface area contributed by atoms with Crippen molar-refractivity contribution in [2.75, 3.05) is 20.7 Å². The highest BCUT2D eigenvalue weighted by atomic mass is 16.5. The van der Waals surface area contributed by atoms with E-state index in [2.05, 4.69) is 4.74 Å². The van der Waals surface area contributed by atoms with Crippen LogP contribution in [0, 0.1) is 11.3 Å². The molecule has 0 aromatic heterocycles. The molecule has 12 heavy (non-hydrogen) atoms. The van der Waals surface area contributed by atoms with Crippen LogP contribution < -0.4 is 0 Å². The van der Waals surface area contributed by atoms with Crippen molar-refractivity contribution >= 4 is 11.9 Å². The molecule has 0 aliphatic carbocycles. The van der Waals surface area contributed by atoms with Crippen LogP contribution in [0.5, 0.6) is 0 Å². The van der Waals surface area contributed by atoms with Gasteiger partial charge in [0.15, 0.2) is 0 Å². The van der Waals surface area contributed by atoms with E-state index in [9.17, 15) is 9.59 Å². The summed E-state index contributed by atoms with van der Waals surface area (Å²) in [5, 5.41) is 8.19. The molecule has 0 rings (SSSR count). The Hall–Kier alpha value is -1.57. The molecule has 0 aromatic rings. The van der Waals surface area contributed by atoms with Crippen molar-refractivity contribution in [3.63, 3.8) is 0 Å². The molecule has 1 amide bonds. The van der Waals surface area contributed by atoms with Crippen molar-refractivity contribution < 1.29 is 14.3 Å². The van der Waals surface area contributed by atoms with Gasteiger partial charge in [-0.05, 0) is 0 Å². The van der Waals surface area contributed by atoms with E-state index < -0.39 is 11.9 Å². The lowest BCUT2D eigenvalue weighted by molar-refractivity contribution is -0.157. The number of carbonyl (C=O) groups is 2. The van der Waals surface area contributed by atoms with Gasteiger partial charge in [-0.15, -0.1) is 0 Å². The van der Waals surface area contributed by atoms with Gasteiger partial charge < -0.3 is 9.64 Å². The summed E-state index contributed by atoms with van der Waals surface area (Å²) in [4.78, 5) is 22.7. The highest BCUT2D eigenvalue weighted by Gasteiger charge is 2.17. The largest absolute Gasteiger partial charge is 0.462 e. The SMILES string of the molecule is COC(=O)C(=O)N(C)CCC#N. The third kappa shape index (κ3) is 3.01. The minimum atomic E-state index is -0.907. The summed E-state index contributed by atoms with van der Waals surface area (Å²) < 4.78 is 4.20. The molecule has 0 N–H and O–H groups in total. The first-order valence-electron chi connectivity index (χ1n) is 3.33. The highest BCUT2D eigenvalue weighted by molar-refractivity contribution is 6.32. The van der Waals surface area contributed by atoms with Crippen LogP contribution in [0.1, 0.15) is 6.42 Å². The zero-order chi connectivity index (χ0) is 9.56. The average molecular weight is 170 g/mol. The van der Waals surface area contributed by atoms with Crippen molar-refractivity contribution in [1.82, 2.24) is 4.90 Å². The van der Waals surface area contributed by atoms with Gasteiger partial charge in [0, 0.05) is 13.6 Å². The summed E-state index contributed by atoms with van der Waals surface area (Å²) >= 11 is 0. The van der Waals surface area contributed by atoms with Crippen LogP contribution in [0.15, 0.2) is 0 Å². The maximum absolute atomic E-state index is 10.9. The van der Waals surface area contributed by atoms with Crippen LogP contribution in [0.3, 0.4) is 0 Å². The molecule has 0 unspecified atom stereocenters. The minimum Gasteiger partial charge on any atom is -0.462 e. The molecule has 66 valence electrons. The van der Waals surface area contributed by atoms with E-state index in [1.807, 2.05) is 6.07 Å². The number of carbonyl (C=O) groups excluding carboxylic acids is 2. The Morgan fingerprint density at radius 1 is 1.58 bits per heavy atom. The lowest BCUT2D eigenvalue weighted by Gasteiger charge is -2.12. The summed E-state index contributed by atoms with van der Waals surface area (Å²) in [7, 11) is 2.58. The van der Waals surface area contributed by atoms with Gasteiger partial charge in [-0.25, -0.2) is 4.79 Å². The van der Waals surface area contributed by atoms with Gasteiger partial charge in [-0.1, -0.05) is 0 Å². The van der Waals surface area contributed by atoms with Gasteiger partial charge in [0.05, 0.1) is 19.6 Å². The number of hydrogen-bond donors (Lipinski definition) is 0. The van der Waals surface area contributed by atoms with Crippen LogP contribution in [-0.4, -0.2) is 37.5 Å². The van der Waals surface area contributed by atoms with E-state index >= 15 is 0 Å². The van der Waals surface area contributed by atoms with E-state index in [0.29, 0.717) is 0 Å². The van der Waals surface area contributed by atoms with Gasteiger partial charge in [0.1, 0.15) is 0 Å². The fourth-order valence-corrected chi connectivity index (χ4v) is 0.562. The fourth-order valence-electron chi connectivity index (χ4n) is 0.562. The smallest absolute Gasteiger partial charge is 0.396 e. The Balaban J connectivity index is 3.94. The number of ether oxygens (including phenoxy) is 1. The van der Waals surface area contributed by atoms with E-state index in [4.69, 9.17) is 5.26 Å². The normalized spacial score (nSPS) is 8.42. The Morgan fingerprint density at radius 3 is 2.58 bits per heavy atom. The number of amides is 1. The van der Waals surface area contributed by atoms with E-state index in [1.165, 1.54) is 7.05 Å². The predicted octanol–water partition coefficient (Wildman–Crippen LogP) is -0.469. The Morgan fingerprint density at radius 2 is 2.17 bits per heavy atom. The van der Waals surface area contributed by atoms with E-state index in [0.717, 1.165) is 12.0 Å². The van der Waals surface area contributed by atoms with Gasteiger partial charge in [0.2, 0.25) is 0 Å². The third-order valence-electron chi connectivity index (χ3n) is 1.27. The molecule has 0 atom stereocenters. The first-order valence-corrected chi connectivity index (χ1v) is 3.33. The lowest BCUT2D eigenvalue weighted by Crippen LogP contribution is -2.34. The third-order valence-corrected chi connectivity index (χ3v) is 1.27. The molecule has 0 radical (unpaired) electrons. The number of likely N-dealkylation sites (N-methyl/N-ethyl adjacent to an activating group) is 1. The minimum absolute atomic E-state index is 0.208. The highest BCUT2D eigenvalue weighted by Crippen LogP contribution is 1.89. The maximum Gasteiger partial charge on any atom is 0.396 e. The predicted molar refractivity (Wildman–Crippen MR) is 39.9 cm³/mol. The summed E-state index contributed by atoms with van der Waals surface area (Å²) in [6, 6.07) is 1.86. The first-order chi connectivity index (χ1) is 5.63. The van der Waals surface area contributed by atoms with Gasteiger partial charge >= 0.3 is 11.9 Å². The number of methoxy groups -OCH3 is 1. The summed E-state index contributed by atoms with van der Waals surface area (Å²) in [6.07, 6.45) is 0.208. The van der Waals surface area contributed by atoms with Gasteiger partial charge in [0.25, 0.3) is 0 Å². The number of esters is 1. The Labute approximate surface area is 70.5 Å². The molecular formula is C7H10N2O3. The average Bonchev–Trinajstić information content (AvgIpc) is 2.11. The van der Waals surface area contributed by atoms with Crippen molar-refractivity contribution in [3.05, 3.63) is 0 Å². The van der Waals surface area contributed by atoms with Crippen LogP contribution in [0.2, 0.25) is 0 Å². The van der Waals surface area contributed by atoms with Crippen molar-refractivity contribution in [2.45, 2.75) is 6.42 Å². The topological polar surface area (TPSA) is 70.4 Å². The quantitative estimate of drug-likeness (QED) is 0.415. The van der Waals surface area contributed by atoms with Gasteiger partial charge in [-0.2, -0.15) is 5.26 Å². The van der Waals surface area contributed by atoms with Crippen molar-refractivity contribution in [3.8, 4) is 6.07 Å². The molecular weight excluding hydrogens is 160 g/mol. The molecule has 5 nitrogen and oxygen atoms in total. The molecule has 0 saturated carbocycles. The summed E-state index contributed by atoms with van der Waals surface area (Å²) in [5.41, 5.74) is 0. The number of nitriles is 1. The molecule has 0 aromatic carbocycles. The van der Waals surface area contributed by atoms with E-state index in [1.54, 1.807) is 0 Å². The van der Waals surface area contributed by atoms with Crippen LogP contribution in [-0.2, 0) is 14.3 Å². The number of nitrogens with zero attached hydrogens (tertiary/aromatic N) is 2. The molecule has 0 bridgehead atoms. The molecule has 0 saturated heterocycles. The van der Waals surface area contributed by atoms with Crippen molar-refractivity contribution in [1.29, 1.82) is 5.26 Å². The number of rotatable bonds is 2. The Kier molecular flexibility index (Phi) is 4.46. The number of hydrogen-bond acceptors (Lipinski definition) is 4. The molecule has 0 heterocycles. The standard InChI is InChI=1S/C7H10N2O3/c1-9(5-3-4-8)6(10)7(11)12-2/h3,5H2,1-2H3. The fraction of sp³-hybridized carbons (Fsp3) is 0.571. The second-order valence-electron chi connectivity index (χ2n) is 2.13. The van der Waals surface area contributed by atoms with Crippen LogP contribution in [0.4, 0.5) is 0 Å². The zero-order valence-corrected chi connectivity index (χ0v) is 7.03. The van der Waals surface area contributed by atoms with Crippen LogP contribution in [0.25, 0.3) is 0 Å². The summed E-state index contributed by atoms with van der Waals surface area (Å²) in [5.74, 6) is -1.64. The molecule has 5 heteroatoms. The lowest BCUT2D eigenvalue weighted by atomic mass is 10.4. The van der Waals surface area contributed by atoms with Crippen molar-refractivity contribution in [2.24, 2.45) is 0 Å². The second-order valence-corrected chi connectivity index (χ2v) is 2.13. The summed E-state index contributed by atoms with van der Waals surface area (Å²) in [6.45, 7) is 0.241.